The van der Waals surface area contributed by atoms with Crippen molar-refractivity contribution in [3.05, 3.63) is 59.7 Å². The third kappa shape index (κ3) is 4.63. The number of aryl methyl sites for hydroxylation is 2. The highest BCUT2D eigenvalue weighted by Crippen LogP contribution is 2.44. The van der Waals surface area contributed by atoms with E-state index in [9.17, 15) is 14.4 Å². The van der Waals surface area contributed by atoms with Crippen LogP contribution in [0.5, 0.6) is 0 Å². The molecule has 1 fully saturated rings. The summed E-state index contributed by atoms with van der Waals surface area (Å²) in [5.74, 6) is 0. The average Bonchev–Trinajstić information content (AvgIpc) is 3.01. The summed E-state index contributed by atoms with van der Waals surface area (Å²) in [6.45, 7) is 3.86. The van der Waals surface area contributed by atoms with Crippen LogP contribution in [0.4, 0.5) is 0 Å². The molecule has 0 amide bonds. The van der Waals surface area contributed by atoms with E-state index in [0.717, 1.165) is 29.3 Å². The zero-order chi connectivity index (χ0) is 18.7. The van der Waals surface area contributed by atoms with Crippen LogP contribution < -0.4 is 10.6 Å². The minimum atomic E-state index is -3.44. The molecule has 0 spiro atoms. The van der Waals surface area contributed by atoms with E-state index >= 15 is 0 Å². The molecule has 0 radical (unpaired) electrons. The van der Waals surface area contributed by atoms with Crippen molar-refractivity contribution < 1.29 is 19.1 Å². The first-order valence-corrected chi connectivity index (χ1v) is 12.2. The smallest absolute Gasteiger partial charge is 0.232 e. The lowest BCUT2D eigenvalue weighted by atomic mass is 10.2. The molecule has 3 rings (SSSR count). The molecule has 4 unspecified atom stereocenters. The lowest BCUT2D eigenvalue weighted by molar-refractivity contribution is 0.0695. The van der Waals surface area contributed by atoms with Gasteiger partial charge in [0.05, 0.1) is 26.5 Å². The summed E-state index contributed by atoms with van der Waals surface area (Å²) in [4.78, 5) is 21.1. The van der Waals surface area contributed by atoms with Crippen LogP contribution in [0.3, 0.4) is 0 Å². The molecule has 0 saturated carbocycles. The maximum atomic E-state index is 12.8. The third-order valence-corrected chi connectivity index (χ3v) is 8.88. The molecule has 1 heterocycles. The molecule has 4 nitrogen and oxygen atoms in total. The Balaban J connectivity index is 1.60. The maximum absolute atomic E-state index is 12.8. The van der Waals surface area contributed by atoms with Crippen LogP contribution >= 0.6 is 15.5 Å². The normalized spacial score (nSPS) is 23.5. The Morgan fingerprint density at radius 3 is 2.35 bits per heavy atom. The van der Waals surface area contributed by atoms with Gasteiger partial charge in [-0.1, -0.05) is 42.5 Å². The van der Waals surface area contributed by atoms with Crippen molar-refractivity contribution >= 4 is 26.1 Å². The SMILES string of the molecule is Cc1ccccc1P(O)CC1CCC(CP(=O)(O)c2ccccc2C)O1. The molecule has 4 atom stereocenters. The molecule has 2 aromatic carbocycles. The summed E-state index contributed by atoms with van der Waals surface area (Å²) in [5.41, 5.74) is 1.93. The summed E-state index contributed by atoms with van der Waals surface area (Å²) in [5, 5.41) is 1.51. The maximum Gasteiger partial charge on any atom is 0.232 e. The first-order valence-electron chi connectivity index (χ1n) is 8.92. The summed E-state index contributed by atoms with van der Waals surface area (Å²) in [6, 6.07) is 15.1. The minimum absolute atomic E-state index is 0.0485. The van der Waals surface area contributed by atoms with Gasteiger partial charge in [0.2, 0.25) is 7.37 Å². The summed E-state index contributed by atoms with van der Waals surface area (Å²) >= 11 is 0. The Bertz CT molecular complexity index is 808. The topological polar surface area (TPSA) is 66.8 Å². The van der Waals surface area contributed by atoms with Crippen molar-refractivity contribution in [2.75, 3.05) is 12.3 Å². The minimum Gasteiger partial charge on any atom is -0.374 e. The van der Waals surface area contributed by atoms with Gasteiger partial charge in [0, 0.05) is 16.8 Å². The summed E-state index contributed by atoms with van der Waals surface area (Å²) in [6.07, 6.45) is 2.03. The second kappa shape index (κ2) is 8.33. The van der Waals surface area contributed by atoms with Crippen molar-refractivity contribution in [1.82, 2.24) is 0 Å². The van der Waals surface area contributed by atoms with Crippen molar-refractivity contribution in [1.29, 1.82) is 0 Å². The van der Waals surface area contributed by atoms with Crippen LogP contribution in [0, 0.1) is 13.8 Å². The molecule has 6 heteroatoms. The molecule has 0 aromatic heterocycles. The van der Waals surface area contributed by atoms with Gasteiger partial charge in [-0.25, -0.2) is 0 Å². The van der Waals surface area contributed by atoms with Crippen molar-refractivity contribution in [2.45, 2.75) is 38.9 Å². The van der Waals surface area contributed by atoms with Crippen LogP contribution in [0.1, 0.15) is 24.0 Å². The van der Waals surface area contributed by atoms with E-state index < -0.39 is 15.5 Å². The molecular formula is C20H26O4P2. The quantitative estimate of drug-likeness (QED) is 0.739. The molecule has 140 valence electrons. The molecule has 1 aliphatic rings. The highest BCUT2D eigenvalue weighted by Gasteiger charge is 2.34. The molecule has 1 saturated heterocycles. The standard InChI is InChI=1S/C20H26O4P2/c1-15-7-3-5-9-19(15)25(21)13-17-11-12-18(24-17)14-26(22,23)20-10-6-4-8-16(20)2/h3-10,17-18,21H,11-14H2,1-2H3,(H,22,23). The third-order valence-electron chi connectivity index (χ3n) is 4.91. The highest BCUT2D eigenvalue weighted by molar-refractivity contribution is 7.66. The Kier molecular flexibility index (Phi) is 6.33. The van der Waals surface area contributed by atoms with Gasteiger partial charge in [-0.05, 0) is 43.9 Å². The van der Waals surface area contributed by atoms with Gasteiger partial charge >= 0.3 is 0 Å². The van der Waals surface area contributed by atoms with E-state index in [0.29, 0.717) is 11.5 Å². The Morgan fingerprint density at radius 2 is 1.65 bits per heavy atom. The average molecular weight is 392 g/mol. The molecular weight excluding hydrogens is 366 g/mol. The van der Waals surface area contributed by atoms with Gasteiger partial charge in [-0.2, -0.15) is 0 Å². The van der Waals surface area contributed by atoms with Gasteiger partial charge in [0.15, 0.2) is 0 Å². The van der Waals surface area contributed by atoms with E-state index in [-0.39, 0.29) is 18.4 Å². The summed E-state index contributed by atoms with van der Waals surface area (Å²) in [7, 11) is -4.71. The zero-order valence-corrected chi connectivity index (χ0v) is 17.0. The number of benzene rings is 2. The fraction of sp³-hybridized carbons (Fsp3) is 0.400. The second-order valence-corrected chi connectivity index (χ2v) is 10.9. The van der Waals surface area contributed by atoms with E-state index in [2.05, 4.69) is 0 Å². The number of hydrogen-bond acceptors (Lipinski definition) is 3. The fourth-order valence-electron chi connectivity index (χ4n) is 3.52. The molecule has 0 aliphatic carbocycles. The van der Waals surface area contributed by atoms with E-state index in [1.165, 1.54) is 0 Å². The largest absolute Gasteiger partial charge is 0.374 e. The van der Waals surface area contributed by atoms with Crippen LogP contribution in [0.2, 0.25) is 0 Å². The zero-order valence-electron chi connectivity index (χ0n) is 15.2. The molecule has 2 N–H and O–H groups in total. The van der Waals surface area contributed by atoms with Crippen LogP contribution in [0.15, 0.2) is 48.5 Å². The number of ether oxygens (including phenoxy) is 1. The van der Waals surface area contributed by atoms with Crippen molar-refractivity contribution in [3.8, 4) is 0 Å². The van der Waals surface area contributed by atoms with Crippen molar-refractivity contribution in [3.63, 3.8) is 0 Å². The van der Waals surface area contributed by atoms with Gasteiger partial charge in [0.1, 0.15) is 0 Å². The lowest BCUT2D eigenvalue weighted by Gasteiger charge is -2.20. The first-order chi connectivity index (χ1) is 12.4. The predicted molar refractivity (Wildman–Crippen MR) is 108 cm³/mol. The van der Waals surface area contributed by atoms with Crippen LogP contribution in [0.25, 0.3) is 0 Å². The number of rotatable bonds is 6. The Hall–Kier alpha value is -1.02. The van der Waals surface area contributed by atoms with Gasteiger partial charge < -0.3 is 14.5 Å². The van der Waals surface area contributed by atoms with Gasteiger partial charge in [-0.15, -0.1) is 0 Å². The van der Waals surface area contributed by atoms with Crippen LogP contribution in [-0.2, 0) is 9.30 Å². The predicted octanol–water partition coefficient (Wildman–Crippen LogP) is 3.46. The van der Waals surface area contributed by atoms with Crippen molar-refractivity contribution in [2.24, 2.45) is 0 Å². The van der Waals surface area contributed by atoms with E-state index in [4.69, 9.17) is 4.74 Å². The van der Waals surface area contributed by atoms with E-state index in [1.807, 2.05) is 50.2 Å². The monoisotopic (exact) mass is 392 g/mol. The fourth-order valence-corrected chi connectivity index (χ4v) is 7.08. The number of hydrogen-bond donors (Lipinski definition) is 2. The lowest BCUT2D eigenvalue weighted by Crippen LogP contribution is -2.22. The van der Waals surface area contributed by atoms with Crippen LogP contribution in [-0.4, -0.2) is 34.3 Å². The second-order valence-electron chi connectivity index (χ2n) is 7.00. The first kappa shape index (κ1) is 19.7. The molecule has 26 heavy (non-hydrogen) atoms. The highest BCUT2D eigenvalue weighted by atomic mass is 31.2. The Morgan fingerprint density at radius 1 is 1.04 bits per heavy atom. The molecule has 1 aliphatic heterocycles. The molecule has 0 bridgehead atoms. The van der Waals surface area contributed by atoms with Gasteiger partial charge in [0.25, 0.3) is 0 Å². The van der Waals surface area contributed by atoms with E-state index in [1.54, 1.807) is 12.1 Å². The Labute approximate surface area is 156 Å². The summed E-state index contributed by atoms with van der Waals surface area (Å²) < 4.78 is 18.8. The van der Waals surface area contributed by atoms with Gasteiger partial charge in [-0.3, -0.25) is 4.57 Å². The molecule has 2 aromatic rings.